The molecule has 0 amide bonds. The van der Waals surface area contributed by atoms with E-state index in [0.29, 0.717) is 48.3 Å². The monoisotopic (exact) mass is 530 g/mol. The fourth-order valence-corrected chi connectivity index (χ4v) is 5.92. The number of aliphatic hydroxyl groups is 1. The molecule has 1 fully saturated rings. The maximum Gasteiger partial charge on any atom is 0.200 e. The second-order valence-corrected chi connectivity index (χ2v) is 10.9. The van der Waals surface area contributed by atoms with Gasteiger partial charge in [0.25, 0.3) is 0 Å². The molecule has 0 aromatic heterocycles. The van der Waals surface area contributed by atoms with Crippen LogP contribution < -0.4 is 4.74 Å². The highest BCUT2D eigenvalue weighted by Crippen LogP contribution is 2.40. The summed E-state index contributed by atoms with van der Waals surface area (Å²) in [6, 6.07) is 6.50. The van der Waals surface area contributed by atoms with Gasteiger partial charge in [-0.05, 0) is 112 Å². The Kier molecular flexibility index (Phi) is 9.69. The van der Waals surface area contributed by atoms with Gasteiger partial charge in [0.2, 0.25) is 5.82 Å². The number of benzene rings is 2. The number of halogens is 4. The first-order valence-corrected chi connectivity index (χ1v) is 13.9. The van der Waals surface area contributed by atoms with Crippen LogP contribution in [-0.4, -0.2) is 17.8 Å². The average molecular weight is 531 g/mol. The third kappa shape index (κ3) is 6.51. The molecule has 206 valence electrons. The summed E-state index contributed by atoms with van der Waals surface area (Å²) in [5, 5.41) is 9.77. The molecule has 2 unspecified atom stereocenters. The Bertz CT molecular complexity index is 1150. The maximum atomic E-state index is 14.9. The largest absolute Gasteiger partial charge is 0.490 e. The van der Waals surface area contributed by atoms with Gasteiger partial charge in [-0.3, -0.25) is 0 Å². The smallest absolute Gasteiger partial charge is 0.200 e. The molecule has 2 aromatic rings. The molecule has 4 rings (SSSR count). The van der Waals surface area contributed by atoms with Gasteiger partial charge in [0.15, 0.2) is 23.2 Å². The molecule has 2 aliphatic carbocycles. The van der Waals surface area contributed by atoms with Crippen LogP contribution in [0, 0.1) is 35.1 Å². The van der Waals surface area contributed by atoms with E-state index in [-0.39, 0.29) is 24.2 Å². The number of hydrogen-bond donors (Lipinski definition) is 1. The van der Waals surface area contributed by atoms with Crippen LogP contribution >= 0.6 is 0 Å². The van der Waals surface area contributed by atoms with E-state index < -0.39 is 29.4 Å². The van der Waals surface area contributed by atoms with Gasteiger partial charge in [-0.25, -0.2) is 13.2 Å². The molecule has 2 aromatic carbocycles. The van der Waals surface area contributed by atoms with E-state index in [2.05, 4.69) is 6.58 Å². The minimum absolute atomic E-state index is 0.0615. The average Bonchev–Trinajstić information content (AvgIpc) is 2.92. The molecule has 0 heterocycles. The predicted molar refractivity (Wildman–Crippen MR) is 143 cm³/mol. The third-order valence-corrected chi connectivity index (χ3v) is 8.41. The van der Waals surface area contributed by atoms with Gasteiger partial charge >= 0.3 is 0 Å². The molecule has 38 heavy (non-hydrogen) atoms. The first-order valence-electron chi connectivity index (χ1n) is 13.9. The van der Waals surface area contributed by atoms with Crippen LogP contribution in [0.5, 0.6) is 5.75 Å². The van der Waals surface area contributed by atoms with Crippen LogP contribution in [0.15, 0.2) is 43.0 Å². The van der Waals surface area contributed by atoms with Gasteiger partial charge in [-0.15, -0.1) is 6.58 Å². The van der Waals surface area contributed by atoms with Crippen LogP contribution in [0.4, 0.5) is 17.6 Å². The van der Waals surface area contributed by atoms with Gasteiger partial charge in [-0.2, -0.15) is 4.39 Å². The molecule has 0 saturated heterocycles. The molecule has 0 bridgehead atoms. The zero-order valence-corrected chi connectivity index (χ0v) is 22.1. The van der Waals surface area contributed by atoms with E-state index in [1.807, 2.05) is 6.08 Å². The summed E-state index contributed by atoms with van der Waals surface area (Å²) >= 11 is 0. The Balaban J connectivity index is 1.31. The molecule has 2 aliphatic rings. The number of allylic oxidation sites excluding steroid dienone is 2. The lowest BCUT2D eigenvalue weighted by atomic mass is 9.76. The Morgan fingerprint density at radius 3 is 2.39 bits per heavy atom. The van der Waals surface area contributed by atoms with Gasteiger partial charge in [0.05, 0.1) is 12.7 Å². The molecule has 1 N–H and O–H groups in total. The summed E-state index contributed by atoms with van der Waals surface area (Å²) in [4.78, 5) is 0. The van der Waals surface area contributed by atoms with Gasteiger partial charge in [0.1, 0.15) is 0 Å². The second kappa shape index (κ2) is 13.0. The molecule has 0 spiro atoms. The standard InChI is InChI=1S/C32H38F4O2/c1-3-4-19-38-28-18-17-27(31(35)32(28)36)23-8-5-21(6-9-23)7-10-25-15-16-26(30(34)29(25)33)24-13-11-22(12-14-24)20(2)37/h3,13,15-18,20-23,37H,1,4-12,14,19H2,2H3. The lowest BCUT2D eigenvalue weighted by molar-refractivity contribution is 0.120. The highest BCUT2D eigenvalue weighted by molar-refractivity contribution is 5.67. The van der Waals surface area contributed by atoms with Crippen molar-refractivity contribution in [1.29, 1.82) is 0 Å². The lowest BCUT2D eigenvalue weighted by Gasteiger charge is -2.29. The Morgan fingerprint density at radius 2 is 1.74 bits per heavy atom. The number of hydrogen-bond acceptors (Lipinski definition) is 2. The number of ether oxygens (including phenoxy) is 1. The fraction of sp³-hybridized carbons (Fsp3) is 0.500. The van der Waals surface area contributed by atoms with E-state index >= 15 is 0 Å². The van der Waals surface area contributed by atoms with Crippen LogP contribution in [0.2, 0.25) is 0 Å². The first-order chi connectivity index (χ1) is 18.3. The minimum Gasteiger partial charge on any atom is -0.490 e. The van der Waals surface area contributed by atoms with Crippen LogP contribution in [0.3, 0.4) is 0 Å². The van der Waals surface area contributed by atoms with Gasteiger partial charge < -0.3 is 9.84 Å². The predicted octanol–water partition coefficient (Wildman–Crippen LogP) is 8.67. The van der Waals surface area contributed by atoms with Crippen LogP contribution in [0.1, 0.15) is 87.3 Å². The van der Waals surface area contributed by atoms with E-state index in [0.717, 1.165) is 44.1 Å². The van der Waals surface area contributed by atoms with E-state index in [1.165, 1.54) is 6.07 Å². The van der Waals surface area contributed by atoms with Crippen LogP contribution in [0.25, 0.3) is 5.57 Å². The Labute approximate surface area is 223 Å². The quantitative estimate of drug-likeness (QED) is 0.189. The summed E-state index contributed by atoms with van der Waals surface area (Å²) in [6.07, 6.45) is 10.1. The van der Waals surface area contributed by atoms with E-state index in [4.69, 9.17) is 4.74 Å². The molecular weight excluding hydrogens is 492 g/mol. The van der Waals surface area contributed by atoms with Crippen molar-refractivity contribution in [2.75, 3.05) is 6.61 Å². The van der Waals surface area contributed by atoms with Gasteiger partial charge in [0, 0.05) is 5.56 Å². The number of rotatable bonds is 10. The topological polar surface area (TPSA) is 29.5 Å². The van der Waals surface area contributed by atoms with Crippen molar-refractivity contribution in [2.24, 2.45) is 11.8 Å². The Morgan fingerprint density at radius 1 is 0.974 bits per heavy atom. The van der Waals surface area contributed by atoms with Crippen molar-refractivity contribution in [3.8, 4) is 5.75 Å². The second-order valence-electron chi connectivity index (χ2n) is 10.9. The van der Waals surface area contributed by atoms with Crippen molar-refractivity contribution in [3.05, 3.63) is 83.0 Å². The third-order valence-electron chi connectivity index (χ3n) is 8.41. The number of aliphatic hydroxyl groups excluding tert-OH is 1. The summed E-state index contributed by atoms with van der Waals surface area (Å²) < 4.78 is 64.4. The molecule has 2 atom stereocenters. The molecule has 6 heteroatoms. The molecule has 1 saturated carbocycles. The molecule has 0 radical (unpaired) electrons. The fourth-order valence-electron chi connectivity index (χ4n) is 5.92. The zero-order valence-electron chi connectivity index (χ0n) is 22.1. The van der Waals surface area contributed by atoms with Crippen molar-refractivity contribution >= 4 is 5.57 Å². The van der Waals surface area contributed by atoms with Crippen molar-refractivity contribution in [1.82, 2.24) is 0 Å². The molecule has 0 aliphatic heterocycles. The summed E-state index contributed by atoms with van der Waals surface area (Å²) in [7, 11) is 0. The zero-order chi connectivity index (χ0) is 27.2. The van der Waals surface area contributed by atoms with Crippen LogP contribution in [-0.2, 0) is 6.42 Å². The summed E-state index contributed by atoms with van der Waals surface area (Å²) in [5.41, 5.74) is 1.90. The lowest BCUT2D eigenvalue weighted by Crippen LogP contribution is -2.18. The van der Waals surface area contributed by atoms with E-state index in [9.17, 15) is 22.7 Å². The maximum absolute atomic E-state index is 14.9. The SMILES string of the molecule is C=CCCOc1ccc(C2CCC(CCc3ccc(C4=CCC(C(C)O)CC4)c(F)c3F)CC2)c(F)c1F. The minimum atomic E-state index is -0.943. The molecular formula is C32H38F4O2. The summed E-state index contributed by atoms with van der Waals surface area (Å²) in [5.74, 6) is -2.99. The van der Waals surface area contributed by atoms with E-state index in [1.54, 1.807) is 31.2 Å². The molecule has 2 nitrogen and oxygen atoms in total. The van der Waals surface area contributed by atoms with Gasteiger partial charge in [-0.1, -0.05) is 30.4 Å². The first kappa shape index (κ1) is 28.4. The Hall–Kier alpha value is -2.60. The van der Waals surface area contributed by atoms with Crippen molar-refractivity contribution in [2.45, 2.75) is 83.2 Å². The number of aryl methyl sites for hydroxylation is 1. The van der Waals surface area contributed by atoms with Crippen molar-refractivity contribution in [3.63, 3.8) is 0 Å². The summed E-state index contributed by atoms with van der Waals surface area (Å²) in [6.45, 7) is 5.60. The normalized spacial score (nSPS) is 22.6. The highest BCUT2D eigenvalue weighted by atomic mass is 19.2. The highest BCUT2D eigenvalue weighted by Gasteiger charge is 2.27. The van der Waals surface area contributed by atoms with Crippen molar-refractivity contribution < 1.29 is 27.4 Å².